The van der Waals surface area contributed by atoms with E-state index in [2.05, 4.69) is 33.9 Å². The van der Waals surface area contributed by atoms with Crippen LogP contribution in [0.25, 0.3) is 0 Å². The summed E-state index contributed by atoms with van der Waals surface area (Å²) in [7, 11) is 0. The second-order valence-electron chi connectivity index (χ2n) is 7.47. The molecule has 5 nitrogen and oxygen atoms in total. The number of hydrogen-bond donors (Lipinski definition) is 1. The molecule has 2 aromatic rings. The molecule has 1 aliphatic rings. The molecule has 2 unspecified atom stereocenters. The number of halogens is 1. The van der Waals surface area contributed by atoms with Crippen LogP contribution in [0.2, 0.25) is 5.02 Å². The number of amides is 1. The molecule has 0 aliphatic heterocycles. The smallest absolute Gasteiger partial charge is 0.223 e. The summed E-state index contributed by atoms with van der Waals surface area (Å²) >= 11 is 7.86. The van der Waals surface area contributed by atoms with Crippen molar-refractivity contribution in [3.05, 3.63) is 40.7 Å². The van der Waals surface area contributed by atoms with Crippen LogP contribution >= 0.6 is 23.4 Å². The highest BCUT2D eigenvalue weighted by atomic mass is 35.5. The van der Waals surface area contributed by atoms with Gasteiger partial charge in [0.05, 0.1) is 0 Å². The van der Waals surface area contributed by atoms with Crippen molar-refractivity contribution in [2.75, 3.05) is 12.8 Å². The van der Waals surface area contributed by atoms with Crippen LogP contribution in [0.15, 0.2) is 29.4 Å². The zero-order chi connectivity index (χ0) is 19.4. The van der Waals surface area contributed by atoms with E-state index < -0.39 is 0 Å². The zero-order valence-electron chi connectivity index (χ0n) is 16.1. The third-order valence-corrected chi connectivity index (χ3v) is 5.84. The van der Waals surface area contributed by atoms with E-state index in [-0.39, 0.29) is 17.7 Å². The quantitative estimate of drug-likeness (QED) is 0.501. The summed E-state index contributed by atoms with van der Waals surface area (Å²) in [5, 5.41) is 13.4. The van der Waals surface area contributed by atoms with Crippen molar-refractivity contribution in [2.24, 2.45) is 11.8 Å². The van der Waals surface area contributed by atoms with Gasteiger partial charge in [-0.3, -0.25) is 4.79 Å². The van der Waals surface area contributed by atoms with Crippen molar-refractivity contribution >= 4 is 29.3 Å². The molecule has 1 saturated carbocycles. The predicted octanol–water partition coefficient (Wildman–Crippen LogP) is 4.16. The molecule has 1 N–H and O–H groups in total. The van der Waals surface area contributed by atoms with Gasteiger partial charge in [-0.05, 0) is 42.6 Å². The van der Waals surface area contributed by atoms with E-state index in [1.54, 1.807) is 11.8 Å². The van der Waals surface area contributed by atoms with Crippen LogP contribution < -0.4 is 5.32 Å². The Kier molecular flexibility index (Phi) is 6.82. The van der Waals surface area contributed by atoms with Gasteiger partial charge in [-0.15, -0.1) is 10.2 Å². The molecule has 1 amide bonds. The van der Waals surface area contributed by atoms with Gasteiger partial charge in [0, 0.05) is 30.5 Å². The molecule has 0 saturated heterocycles. The van der Waals surface area contributed by atoms with Gasteiger partial charge in [0.25, 0.3) is 0 Å². The first-order valence-corrected chi connectivity index (χ1v) is 11.1. The van der Waals surface area contributed by atoms with Gasteiger partial charge in [0.1, 0.15) is 5.82 Å². The number of nitrogens with zero attached hydrogens (tertiary/aromatic N) is 3. The molecule has 7 heteroatoms. The van der Waals surface area contributed by atoms with Gasteiger partial charge in [0.2, 0.25) is 5.91 Å². The first kappa shape index (κ1) is 20.2. The summed E-state index contributed by atoms with van der Waals surface area (Å²) in [6.07, 6.45) is 4.59. The Morgan fingerprint density at radius 2 is 2.15 bits per heavy atom. The summed E-state index contributed by atoms with van der Waals surface area (Å²) in [5.74, 6) is 1.99. The molecule has 1 aromatic heterocycles. The van der Waals surface area contributed by atoms with Crippen LogP contribution in [-0.4, -0.2) is 33.5 Å². The topological polar surface area (TPSA) is 59.8 Å². The van der Waals surface area contributed by atoms with Crippen LogP contribution in [0.1, 0.15) is 44.0 Å². The van der Waals surface area contributed by atoms with Crippen LogP contribution in [0.5, 0.6) is 0 Å². The Hall–Kier alpha value is -1.53. The lowest BCUT2D eigenvalue weighted by Gasteiger charge is -2.11. The van der Waals surface area contributed by atoms with Crippen LogP contribution in [0, 0.1) is 11.8 Å². The number of aryl methyl sites for hydroxylation is 1. The van der Waals surface area contributed by atoms with E-state index in [1.807, 2.05) is 30.5 Å². The number of benzene rings is 1. The van der Waals surface area contributed by atoms with E-state index in [9.17, 15) is 4.79 Å². The fraction of sp³-hybridized carbons (Fsp3) is 0.550. The fourth-order valence-corrected chi connectivity index (χ4v) is 4.20. The van der Waals surface area contributed by atoms with Gasteiger partial charge < -0.3 is 9.88 Å². The molecular weight excluding hydrogens is 380 g/mol. The van der Waals surface area contributed by atoms with E-state index in [0.717, 1.165) is 47.4 Å². The Morgan fingerprint density at radius 1 is 1.37 bits per heavy atom. The first-order valence-electron chi connectivity index (χ1n) is 9.49. The Balaban J connectivity index is 1.45. The summed E-state index contributed by atoms with van der Waals surface area (Å²) < 4.78 is 2.20. The van der Waals surface area contributed by atoms with E-state index in [0.29, 0.717) is 12.5 Å². The lowest BCUT2D eigenvalue weighted by Crippen LogP contribution is -2.27. The Labute approximate surface area is 170 Å². The van der Waals surface area contributed by atoms with Crippen molar-refractivity contribution in [3.8, 4) is 0 Å². The standard InChI is InChI=1S/C20H27ClN4OS/c1-13(2)12-25-18(23-24-20(25)27-3)9-6-10-22-19(26)16-11-15(16)14-7-4-5-8-17(14)21/h4-5,7-8,13,15-16H,6,9-12H2,1-3H3,(H,22,26). The summed E-state index contributed by atoms with van der Waals surface area (Å²) in [6, 6.07) is 7.81. The molecule has 27 heavy (non-hydrogen) atoms. The molecule has 1 aromatic carbocycles. The van der Waals surface area contributed by atoms with E-state index in [4.69, 9.17) is 11.6 Å². The average Bonchev–Trinajstić information content (AvgIpc) is 3.35. The number of hydrogen-bond acceptors (Lipinski definition) is 4. The first-order chi connectivity index (χ1) is 13.0. The lowest BCUT2D eigenvalue weighted by atomic mass is 10.1. The van der Waals surface area contributed by atoms with Crippen molar-refractivity contribution < 1.29 is 4.79 Å². The second kappa shape index (κ2) is 9.11. The van der Waals surface area contributed by atoms with Crippen LogP contribution in [0.3, 0.4) is 0 Å². The number of carbonyl (C=O) groups excluding carboxylic acids is 1. The maximum Gasteiger partial charge on any atom is 0.223 e. The maximum absolute atomic E-state index is 12.4. The Bertz CT molecular complexity index is 792. The number of rotatable bonds is 9. The van der Waals surface area contributed by atoms with Crippen molar-refractivity contribution in [3.63, 3.8) is 0 Å². The fourth-order valence-electron chi connectivity index (χ4n) is 3.40. The lowest BCUT2D eigenvalue weighted by molar-refractivity contribution is -0.122. The molecule has 0 radical (unpaired) electrons. The van der Waals surface area contributed by atoms with Gasteiger partial charge in [0.15, 0.2) is 5.16 Å². The summed E-state index contributed by atoms with van der Waals surface area (Å²) in [5.41, 5.74) is 1.09. The minimum Gasteiger partial charge on any atom is -0.356 e. The summed E-state index contributed by atoms with van der Waals surface area (Å²) in [6.45, 7) is 5.97. The molecule has 1 fully saturated rings. The molecule has 146 valence electrons. The monoisotopic (exact) mass is 406 g/mol. The molecule has 1 heterocycles. The highest BCUT2D eigenvalue weighted by Gasteiger charge is 2.44. The molecule has 1 aliphatic carbocycles. The largest absolute Gasteiger partial charge is 0.356 e. The predicted molar refractivity (Wildman–Crippen MR) is 110 cm³/mol. The number of carbonyl (C=O) groups is 1. The van der Waals surface area contributed by atoms with Gasteiger partial charge in [-0.25, -0.2) is 0 Å². The molecule has 2 atom stereocenters. The number of thioether (sulfide) groups is 1. The molecule has 3 rings (SSSR count). The van der Waals surface area contributed by atoms with Gasteiger partial charge in [-0.1, -0.05) is 55.4 Å². The minimum atomic E-state index is 0.0533. The molecule has 0 bridgehead atoms. The third-order valence-electron chi connectivity index (χ3n) is 4.83. The normalized spacial score (nSPS) is 18.7. The second-order valence-corrected chi connectivity index (χ2v) is 8.65. The van der Waals surface area contributed by atoms with Crippen molar-refractivity contribution in [1.82, 2.24) is 20.1 Å². The van der Waals surface area contributed by atoms with E-state index >= 15 is 0 Å². The SMILES string of the molecule is CSc1nnc(CCCNC(=O)C2CC2c2ccccc2Cl)n1CC(C)C. The van der Waals surface area contributed by atoms with E-state index in [1.165, 1.54) is 0 Å². The Morgan fingerprint density at radius 3 is 2.85 bits per heavy atom. The van der Waals surface area contributed by atoms with Crippen LogP contribution in [-0.2, 0) is 17.8 Å². The average molecular weight is 407 g/mol. The zero-order valence-corrected chi connectivity index (χ0v) is 17.7. The highest BCUT2D eigenvalue weighted by molar-refractivity contribution is 7.98. The minimum absolute atomic E-state index is 0.0533. The number of aromatic nitrogens is 3. The summed E-state index contributed by atoms with van der Waals surface area (Å²) in [4.78, 5) is 12.4. The maximum atomic E-state index is 12.4. The highest BCUT2D eigenvalue weighted by Crippen LogP contribution is 2.49. The van der Waals surface area contributed by atoms with Gasteiger partial charge >= 0.3 is 0 Å². The molecular formula is C20H27ClN4OS. The number of nitrogens with one attached hydrogen (secondary N) is 1. The third kappa shape index (κ3) is 5.05. The van der Waals surface area contributed by atoms with Crippen molar-refractivity contribution in [1.29, 1.82) is 0 Å². The van der Waals surface area contributed by atoms with Gasteiger partial charge in [-0.2, -0.15) is 0 Å². The van der Waals surface area contributed by atoms with Crippen molar-refractivity contribution in [2.45, 2.75) is 50.7 Å². The molecule has 0 spiro atoms. The van der Waals surface area contributed by atoms with Crippen LogP contribution in [0.4, 0.5) is 0 Å².